The minimum Gasteiger partial charge on any atom is -0.427 e. The van der Waals surface area contributed by atoms with Gasteiger partial charge in [-0.15, -0.1) is 0 Å². The van der Waals surface area contributed by atoms with E-state index in [-0.39, 0.29) is 5.97 Å². The van der Waals surface area contributed by atoms with Crippen molar-refractivity contribution in [3.05, 3.63) is 131 Å². The van der Waals surface area contributed by atoms with Crippen LogP contribution < -0.4 is 9.47 Å². The van der Waals surface area contributed by atoms with Crippen LogP contribution in [-0.4, -0.2) is 11.9 Å². The van der Waals surface area contributed by atoms with Crippen LogP contribution >= 0.6 is 0 Å². The molecule has 0 amide bonds. The predicted octanol–water partition coefficient (Wildman–Crippen LogP) is 6.85. The molecule has 1 aliphatic carbocycles. The van der Waals surface area contributed by atoms with Gasteiger partial charge in [0, 0.05) is 12.0 Å². The molecule has 0 spiro atoms. The maximum Gasteiger partial charge on any atom is 0.338 e. The maximum atomic E-state index is 12.0. The van der Waals surface area contributed by atoms with Crippen molar-refractivity contribution in [2.45, 2.75) is 25.7 Å². The largest absolute Gasteiger partial charge is 0.427 e. The van der Waals surface area contributed by atoms with Gasteiger partial charge in [-0.25, -0.2) is 4.79 Å². The Hall–Kier alpha value is -4.44. The Morgan fingerprint density at radius 3 is 1.58 bits per heavy atom. The van der Waals surface area contributed by atoms with Gasteiger partial charge in [0.1, 0.15) is 11.5 Å². The summed E-state index contributed by atoms with van der Waals surface area (Å²) >= 11 is 0. The molecule has 4 nitrogen and oxygen atoms in total. The summed E-state index contributed by atoms with van der Waals surface area (Å²) in [4.78, 5) is 23.9. The van der Waals surface area contributed by atoms with Gasteiger partial charge in [0.2, 0.25) is 0 Å². The Kier molecular flexibility index (Phi) is 6.03. The van der Waals surface area contributed by atoms with E-state index in [4.69, 9.17) is 9.47 Å². The summed E-state index contributed by atoms with van der Waals surface area (Å²) in [7, 11) is 0. The van der Waals surface area contributed by atoms with Crippen LogP contribution in [0.15, 0.2) is 109 Å². The molecule has 4 aromatic rings. The van der Waals surface area contributed by atoms with Crippen molar-refractivity contribution in [1.29, 1.82) is 0 Å². The second-order valence-electron chi connectivity index (χ2n) is 8.89. The highest BCUT2D eigenvalue weighted by Gasteiger charge is 2.45. The van der Waals surface area contributed by atoms with E-state index in [1.165, 1.54) is 11.1 Å². The molecule has 0 aliphatic heterocycles. The number of ether oxygens (including phenoxy) is 2. The lowest BCUT2D eigenvalue weighted by atomic mass is 9.68. The maximum absolute atomic E-state index is 12.0. The minimum atomic E-state index is -0.600. The number of benzene rings is 4. The highest BCUT2D eigenvalue weighted by atomic mass is 16.5. The van der Waals surface area contributed by atoms with Crippen LogP contribution in [0.1, 0.15) is 42.5 Å². The molecular formula is C32H26O4. The number of carbonyl (C=O) groups excluding carboxylic acids is 2. The second kappa shape index (κ2) is 9.31. The van der Waals surface area contributed by atoms with Crippen molar-refractivity contribution in [3.63, 3.8) is 0 Å². The number of hydrogen-bond acceptors (Lipinski definition) is 4. The van der Waals surface area contributed by atoms with Crippen molar-refractivity contribution in [2.24, 2.45) is 0 Å². The van der Waals surface area contributed by atoms with E-state index in [1.54, 1.807) is 13.8 Å². The molecule has 4 heteroatoms. The molecule has 0 aromatic heterocycles. The van der Waals surface area contributed by atoms with Crippen molar-refractivity contribution < 1.29 is 19.1 Å². The smallest absolute Gasteiger partial charge is 0.338 e. The zero-order valence-corrected chi connectivity index (χ0v) is 20.3. The van der Waals surface area contributed by atoms with E-state index >= 15 is 0 Å². The molecule has 0 heterocycles. The molecule has 0 saturated heterocycles. The minimum absolute atomic E-state index is 0.270. The summed E-state index contributed by atoms with van der Waals surface area (Å²) in [6.07, 6.45) is 0.314. The number of fused-ring (bicyclic) bond motifs is 3. The average Bonchev–Trinajstić information content (AvgIpc) is 3.21. The Morgan fingerprint density at radius 1 is 0.694 bits per heavy atom. The summed E-state index contributed by atoms with van der Waals surface area (Å²) in [6.45, 7) is 7.05. The molecule has 178 valence electrons. The van der Waals surface area contributed by atoms with E-state index < -0.39 is 11.4 Å². The fourth-order valence-electron chi connectivity index (χ4n) is 4.97. The first-order valence-corrected chi connectivity index (χ1v) is 11.9. The molecule has 0 radical (unpaired) electrons. The molecule has 36 heavy (non-hydrogen) atoms. The fourth-order valence-corrected chi connectivity index (χ4v) is 4.97. The van der Waals surface area contributed by atoms with Gasteiger partial charge >= 0.3 is 11.9 Å². The molecule has 1 aliphatic rings. The molecule has 0 N–H and O–H groups in total. The third-order valence-electron chi connectivity index (χ3n) is 6.61. The number of rotatable bonds is 6. The standard InChI is InChI=1S/C32H26O4/c1-4-30(33)35-24-17-13-22(14-18-24)32(23-15-19-25(20-16-23)36-31(34)21(2)3)28-11-7-5-9-26(28)27-10-6-8-12-29(27)32/h5-20H,2,4H2,1,3H3. The SMILES string of the molecule is C=C(C)C(=O)Oc1ccc(C2(c3ccc(OC(=O)CC)cc3)c3ccccc3-c3ccccc32)cc1. The highest BCUT2D eigenvalue weighted by Crippen LogP contribution is 2.56. The molecule has 0 atom stereocenters. The molecule has 0 saturated carbocycles. The van der Waals surface area contributed by atoms with Crippen LogP contribution in [0.3, 0.4) is 0 Å². The Bertz CT molecular complexity index is 1420. The molecule has 5 rings (SSSR count). The first-order chi connectivity index (χ1) is 17.4. The first kappa shape index (κ1) is 23.3. The van der Waals surface area contributed by atoms with E-state index in [0.717, 1.165) is 22.3 Å². The van der Waals surface area contributed by atoms with Gasteiger partial charge in [-0.2, -0.15) is 0 Å². The van der Waals surface area contributed by atoms with Crippen LogP contribution in [-0.2, 0) is 15.0 Å². The molecule has 0 unspecified atom stereocenters. The quantitative estimate of drug-likeness (QED) is 0.153. The van der Waals surface area contributed by atoms with Gasteiger partial charge in [0.25, 0.3) is 0 Å². The Balaban J connectivity index is 1.70. The van der Waals surface area contributed by atoms with Gasteiger partial charge in [-0.05, 0) is 64.6 Å². The van der Waals surface area contributed by atoms with Crippen LogP contribution in [0.5, 0.6) is 11.5 Å². The van der Waals surface area contributed by atoms with Gasteiger partial charge < -0.3 is 9.47 Å². The summed E-state index contributed by atoms with van der Waals surface area (Å²) < 4.78 is 10.9. The fraction of sp³-hybridized carbons (Fsp3) is 0.125. The van der Waals surface area contributed by atoms with Crippen LogP contribution in [0, 0.1) is 0 Å². The van der Waals surface area contributed by atoms with Gasteiger partial charge in [0.05, 0.1) is 5.41 Å². The second-order valence-corrected chi connectivity index (χ2v) is 8.89. The molecular weight excluding hydrogens is 448 g/mol. The van der Waals surface area contributed by atoms with Crippen molar-refractivity contribution in [1.82, 2.24) is 0 Å². The van der Waals surface area contributed by atoms with E-state index in [1.807, 2.05) is 48.5 Å². The van der Waals surface area contributed by atoms with Gasteiger partial charge in [-0.1, -0.05) is 86.3 Å². The lowest BCUT2D eigenvalue weighted by Gasteiger charge is -2.34. The lowest BCUT2D eigenvalue weighted by molar-refractivity contribution is -0.134. The average molecular weight is 475 g/mol. The van der Waals surface area contributed by atoms with Crippen LogP contribution in [0.2, 0.25) is 0 Å². The summed E-state index contributed by atoms with van der Waals surface area (Å²) in [5.74, 6) is 0.255. The van der Waals surface area contributed by atoms with E-state index in [2.05, 4.69) is 55.1 Å². The van der Waals surface area contributed by atoms with E-state index in [9.17, 15) is 9.59 Å². The monoisotopic (exact) mass is 474 g/mol. The highest BCUT2D eigenvalue weighted by molar-refractivity contribution is 5.89. The van der Waals surface area contributed by atoms with Crippen LogP contribution in [0.4, 0.5) is 0 Å². The zero-order valence-electron chi connectivity index (χ0n) is 20.3. The zero-order chi connectivity index (χ0) is 25.3. The summed E-state index contributed by atoms with van der Waals surface area (Å²) in [5, 5.41) is 0. The number of carbonyl (C=O) groups is 2. The Morgan fingerprint density at radius 2 is 1.14 bits per heavy atom. The predicted molar refractivity (Wildman–Crippen MR) is 140 cm³/mol. The normalized spacial score (nSPS) is 12.8. The molecule has 4 aromatic carbocycles. The number of esters is 2. The first-order valence-electron chi connectivity index (χ1n) is 11.9. The summed E-state index contributed by atoms with van der Waals surface area (Å²) in [6, 6.07) is 32.2. The Labute approximate surface area is 210 Å². The van der Waals surface area contributed by atoms with Gasteiger partial charge in [0.15, 0.2) is 0 Å². The van der Waals surface area contributed by atoms with Gasteiger partial charge in [-0.3, -0.25) is 4.79 Å². The van der Waals surface area contributed by atoms with Crippen molar-refractivity contribution >= 4 is 11.9 Å². The number of hydrogen-bond donors (Lipinski definition) is 0. The van der Waals surface area contributed by atoms with E-state index in [0.29, 0.717) is 23.5 Å². The van der Waals surface area contributed by atoms with Crippen molar-refractivity contribution in [3.8, 4) is 22.6 Å². The molecule has 0 bridgehead atoms. The third kappa shape index (κ3) is 3.81. The molecule has 0 fully saturated rings. The summed E-state index contributed by atoms with van der Waals surface area (Å²) in [5.41, 5.74) is 6.50. The third-order valence-corrected chi connectivity index (χ3v) is 6.61. The van der Waals surface area contributed by atoms with Crippen molar-refractivity contribution in [2.75, 3.05) is 0 Å². The lowest BCUT2D eigenvalue weighted by Crippen LogP contribution is -2.28. The topological polar surface area (TPSA) is 52.6 Å². The van der Waals surface area contributed by atoms with Crippen LogP contribution in [0.25, 0.3) is 11.1 Å².